The van der Waals surface area contributed by atoms with E-state index in [0.717, 1.165) is 22.3 Å². The Bertz CT molecular complexity index is 512. The maximum Gasteiger partial charge on any atom is 1.00 e. The fraction of sp³-hybridized carbons (Fsp3) is 0.125. The van der Waals surface area contributed by atoms with Crippen molar-refractivity contribution in [3.05, 3.63) is 77.9 Å². The first-order chi connectivity index (χ1) is 8.26. The van der Waals surface area contributed by atoms with Gasteiger partial charge in [0.2, 0.25) is 0 Å². The van der Waals surface area contributed by atoms with Crippen LogP contribution in [0.2, 0.25) is 0 Å². The first-order valence-electron chi connectivity index (χ1n) is 5.67. The van der Waals surface area contributed by atoms with E-state index in [1.54, 1.807) is 12.2 Å². The summed E-state index contributed by atoms with van der Waals surface area (Å²) in [6.07, 6.45) is 7.22. The number of fused-ring (bicyclic) bond motifs is 1. The van der Waals surface area contributed by atoms with Crippen molar-refractivity contribution in [2.45, 2.75) is 12.5 Å². The van der Waals surface area contributed by atoms with E-state index in [1.165, 1.54) is 0 Å². The van der Waals surface area contributed by atoms with Crippen molar-refractivity contribution in [3.63, 3.8) is 0 Å². The average molecular weight is 262 g/mol. The van der Waals surface area contributed by atoms with Crippen LogP contribution >= 0.6 is 0 Å². The smallest absolute Gasteiger partial charge is 0.848 e. The Morgan fingerprint density at radius 2 is 1.83 bits per heavy atom. The summed E-state index contributed by atoms with van der Waals surface area (Å²) in [6, 6.07) is 7.72. The van der Waals surface area contributed by atoms with Crippen molar-refractivity contribution in [2.24, 2.45) is 0 Å². The monoisotopic (exact) mass is 262 g/mol. The molecule has 1 unspecified atom stereocenters. The zero-order valence-corrected chi connectivity index (χ0v) is 13.8. The van der Waals surface area contributed by atoms with Gasteiger partial charge in [-0.05, 0) is 23.1 Å². The van der Waals surface area contributed by atoms with Gasteiger partial charge in [0.05, 0.1) is 0 Å². The molecule has 2 heteroatoms. The van der Waals surface area contributed by atoms with E-state index >= 15 is 0 Å². The molecule has 0 heterocycles. The number of hydrogen-bond donors (Lipinski definition) is 0. The summed E-state index contributed by atoms with van der Waals surface area (Å²) in [5, 5.41) is 12.2. The third-order valence-corrected chi connectivity index (χ3v) is 3.03. The predicted octanol–water partition coefficient (Wildman–Crippen LogP) is 0.177. The third kappa shape index (κ3) is 3.41. The van der Waals surface area contributed by atoms with E-state index in [4.69, 9.17) is 0 Å². The van der Waals surface area contributed by atoms with Gasteiger partial charge in [-0.2, -0.15) is 0 Å². The molecule has 0 aromatic heterocycles. The third-order valence-electron chi connectivity index (χ3n) is 3.03. The van der Waals surface area contributed by atoms with Gasteiger partial charge in [0, 0.05) is 0 Å². The molecular formula is C16H15KO. The summed E-state index contributed by atoms with van der Waals surface area (Å²) in [4.78, 5) is 0. The zero-order chi connectivity index (χ0) is 12.3. The van der Waals surface area contributed by atoms with Crippen molar-refractivity contribution >= 4 is 6.08 Å². The Hall–Kier alpha value is -0.224. The first kappa shape index (κ1) is 15.8. The molecule has 1 atom stereocenters. The Balaban J connectivity index is 0.00000162. The van der Waals surface area contributed by atoms with Crippen LogP contribution in [0.3, 0.4) is 0 Å². The van der Waals surface area contributed by atoms with Crippen molar-refractivity contribution in [1.29, 1.82) is 0 Å². The molecule has 0 radical (unpaired) electrons. The van der Waals surface area contributed by atoms with Crippen molar-refractivity contribution < 1.29 is 56.5 Å². The largest absolute Gasteiger partial charge is 1.00 e. The molecule has 1 aliphatic carbocycles. The summed E-state index contributed by atoms with van der Waals surface area (Å²) < 4.78 is 0. The van der Waals surface area contributed by atoms with Gasteiger partial charge in [-0.3, -0.25) is 0 Å². The molecule has 1 aromatic rings. The molecule has 0 amide bonds. The quantitative estimate of drug-likeness (QED) is 0.697. The van der Waals surface area contributed by atoms with Crippen LogP contribution in [-0.4, -0.2) is 0 Å². The Morgan fingerprint density at radius 1 is 1.11 bits per heavy atom. The molecule has 0 fully saturated rings. The molecule has 0 N–H and O–H groups in total. The summed E-state index contributed by atoms with van der Waals surface area (Å²) in [7, 11) is 0. The van der Waals surface area contributed by atoms with Crippen molar-refractivity contribution in [1.82, 2.24) is 0 Å². The van der Waals surface area contributed by atoms with Crippen LogP contribution < -0.4 is 56.5 Å². The molecule has 1 aromatic carbocycles. The number of allylic oxidation sites excluding steroid dienone is 4. The summed E-state index contributed by atoms with van der Waals surface area (Å²) in [5.74, 6) is 0. The van der Waals surface area contributed by atoms with Gasteiger partial charge in [0.25, 0.3) is 0 Å². The minimum absolute atomic E-state index is 0. The second kappa shape index (κ2) is 7.39. The minimum Gasteiger partial charge on any atom is -0.848 e. The van der Waals surface area contributed by atoms with Crippen LogP contribution in [0.1, 0.15) is 23.7 Å². The Labute approximate surface area is 151 Å². The number of rotatable bonds is 2. The van der Waals surface area contributed by atoms with Crippen LogP contribution in [-0.2, 0) is 0 Å². The second-order valence-electron chi connectivity index (χ2n) is 4.04. The van der Waals surface area contributed by atoms with Crippen molar-refractivity contribution in [2.75, 3.05) is 0 Å². The van der Waals surface area contributed by atoms with Gasteiger partial charge in [0.1, 0.15) is 0 Å². The van der Waals surface area contributed by atoms with Crippen molar-refractivity contribution in [3.8, 4) is 0 Å². The summed E-state index contributed by atoms with van der Waals surface area (Å²) in [5.41, 5.74) is 3.79. The molecule has 0 bridgehead atoms. The molecule has 86 valence electrons. The van der Waals surface area contributed by atoms with Gasteiger partial charge in [-0.25, -0.2) is 0 Å². The Kier molecular flexibility index (Phi) is 6.50. The topological polar surface area (TPSA) is 23.1 Å². The molecule has 2 rings (SSSR count). The number of hydrogen-bond acceptors (Lipinski definition) is 1. The normalized spacial score (nSPS) is 23.9. The summed E-state index contributed by atoms with van der Waals surface area (Å²) in [6.45, 7) is 7.54. The van der Waals surface area contributed by atoms with E-state index in [1.807, 2.05) is 36.4 Å². The SMILES string of the molecule is C=CC1=C(\C=C)CC([O-])c2ccccc2/C=C\1.[K+]. The van der Waals surface area contributed by atoms with Gasteiger partial charge < -0.3 is 5.11 Å². The van der Waals surface area contributed by atoms with Gasteiger partial charge in [-0.15, -0.1) is 0 Å². The zero-order valence-electron chi connectivity index (χ0n) is 10.7. The molecular weight excluding hydrogens is 247 g/mol. The van der Waals surface area contributed by atoms with Crippen LogP contribution in [0.4, 0.5) is 0 Å². The van der Waals surface area contributed by atoms with Crippen LogP contribution in [0.25, 0.3) is 6.08 Å². The van der Waals surface area contributed by atoms with E-state index in [-0.39, 0.29) is 51.4 Å². The van der Waals surface area contributed by atoms with E-state index in [0.29, 0.717) is 6.42 Å². The molecule has 1 nitrogen and oxygen atoms in total. The molecule has 0 saturated carbocycles. The molecule has 0 aliphatic heterocycles. The van der Waals surface area contributed by atoms with Gasteiger partial charge >= 0.3 is 51.4 Å². The molecule has 1 aliphatic rings. The van der Waals surface area contributed by atoms with E-state index < -0.39 is 6.10 Å². The van der Waals surface area contributed by atoms with E-state index in [2.05, 4.69) is 13.2 Å². The minimum atomic E-state index is -0.737. The number of benzene rings is 1. The fourth-order valence-corrected chi connectivity index (χ4v) is 2.07. The molecule has 0 saturated heterocycles. The first-order valence-corrected chi connectivity index (χ1v) is 5.67. The molecule has 18 heavy (non-hydrogen) atoms. The molecule has 0 spiro atoms. The standard InChI is InChI=1S/C16H15O.K/c1-3-12-9-10-14-7-5-6-8-15(14)16(17)11-13(12)4-2;/h3-10,16H,1-2,11H2;/q-1;+1/b10-9-,13-12-;. The van der Waals surface area contributed by atoms with E-state index in [9.17, 15) is 5.11 Å². The van der Waals surface area contributed by atoms with Gasteiger partial charge in [-0.1, -0.05) is 73.4 Å². The average Bonchev–Trinajstić information content (AvgIpc) is 2.36. The predicted molar refractivity (Wildman–Crippen MR) is 70.3 cm³/mol. The second-order valence-corrected chi connectivity index (χ2v) is 4.04. The maximum absolute atomic E-state index is 12.2. The maximum atomic E-state index is 12.2. The van der Waals surface area contributed by atoms with Crippen LogP contribution in [0.5, 0.6) is 0 Å². The summed E-state index contributed by atoms with van der Waals surface area (Å²) >= 11 is 0. The van der Waals surface area contributed by atoms with Crippen LogP contribution in [0, 0.1) is 0 Å². The fourth-order valence-electron chi connectivity index (χ4n) is 2.07. The van der Waals surface area contributed by atoms with Crippen LogP contribution in [0.15, 0.2) is 66.8 Å². The van der Waals surface area contributed by atoms with Gasteiger partial charge in [0.15, 0.2) is 0 Å². The Morgan fingerprint density at radius 3 is 2.50 bits per heavy atom.